The van der Waals surface area contributed by atoms with Crippen LogP contribution in [0.4, 0.5) is 4.39 Å². The number of halogens is 1. The van der Waals surface area contributed by atoms with Gasteiger partial charge in [-0.05, 0) is 30.7 Å². The highest BCUT2D eigenvalue weighted by Crippen LogP contribution is 2.16. The van der Waals surface area contributed by atoms with Crippen molar-refractivity contribution in [2.75, 3.05) is 6.26 Å². The average molecular weight is 327 g/mol. The number of hydrogen-bond donors (Lipinski definition) is 1. The summed E-state index contributed by atoms with van der Waals surface area (Å²) in [6, 6.07) is 5.65. The van der Waals surface area contributed by atoms with E-state index in [2.05, 4.69) is 10.1 Å². The van der Waals surface area contributed by atoms with Gasteiger partial charge in [-0.3, -0.25) is 9.52 Å². The zero-order valence-corrected chi connectivity index (χ0v) is 12.6. The number of nitrogens with one attached hydrogen (secondary N) is 1. The van der Waals surface area contributed by atoms with E-state index in [-0.39, 0.29) is 12.2 Å². The van der Waals surface area contributed by atoms with Crippen molar-refractivity contribution in [1.29, 1.82) is 0 Å². The normalized spacial score (nSPS) is 11.4. The topological polar surface area (TPSA) is 102 Å². The fraction of sp³-hybridized carbons (Fsp3) is 0.308. The molecule has 1 N–H and O–H groups in total. The fourth-order valence-corrected chi connectivity index (χ4v) is 2.25. The number of benzene rings is 1. The maximum absolute atomic E-state index is 12.8. The van der Waals surface area contributed by atoms with Crippen LogP contribution in [0.25, 0.3) is 11.4 Å². The molecule has 1 amide bonds. The van der Waals surface area contributed by atoms with Crippen LogP contribution < -0.4 is 4.72 Å². The van der Waals surface area contributed by atoms with Gasteiger partial charge in [-0.1, -0.05) is 5.16 Å². The van der Waals surface area contributed by atoms with Crippen molar-refractivity contribution in [2.24, 2.45) is 0 Å². The van der Waals surface area contributed by atoms with Gasteiger partial charge in [0.1, 0.15) is 5.82 Å². The van der Waals surface area contributed by atoms with Gasteiger partial charge in [0, 0.05) is 18.4 Å². The Bertz CT molecular complexity index is 756. The molecule has 22 heavy (non-hydrogen) atoms. The van der Waals surface area contributed by atoms with Crippen LogP contribution in [0.15, 0.2) is 28.8 Å². The van der Waals surface area contributed by atoms with Crippen LogP contribution in [0.5, 0.6) is 0 Å². The van der Waals surface area contributed by atoms with Crippen molar-refractivity contribution in [3.05, 3.63) is 36.0 Å². The molecule has 0 unspecified atom stereocenters. The molecule has 2 rings (SSSR count). The molecule has 0 saturated carbocycles. The van der Waals surface area contributed by atoms with Crippen LogP contribution in [-0.4, -0.2) is 30.7 Å². The summed E-state index contributed by atoms with van der Waals surface area (Å²) in [5.74, 6) is -0.285. The summed E-state index contributed by atoms with van der Waals surface area (Å²) < 4.78 is 41.4. The molecular formula is C13H14FN3O4S. The maximum Gasteiger partial charge on any atom is 0.233 e. The zero-order valence-electron chi connectivity index (χ0n) is 11.7. The van der Waals surface area contributed by atoms with E-state index in [4.69, 9.17) is 4.52 Å². The van der Waals surface area contributed by atoms with E-state index < -0.39 is 15.9 Å². The van der Waals surface area contributed by atoms with Crippen LogP contribution in [0.3, 0.4) is 0 Å². The number of carbonyl (C=O) groups is 1. The molecule has 0 atom stereocenters. The van der Waals surface area contributed by atoms with E-state index in [9.17, 15) is 17.6 Å². The molecule has 118 valence electrons. The van der Waals surface area contributed by atoms with Crippen molar-refractivity contribution in [1.82, 2.24) is 14.9 Å². The predicted molar refractivity (Wildman–Crippen MR) is 75.6 cm³/mol. The van der Waals surface area contributed by atoms with Gasteiger partial charge in [0.25, 0.3) is 0 Å². The van der Waals surface area contributed by atoms with Gasteiger partial charge in [0.2, 0.25) is 27.6 Å². The third kappa shape index (κ3) is 4.92. The number of aryl methyl sites for hydroxylation is 1. The lowest BCUT2D eigenvalue weighted by atomic mass is 10.2. The number of aromatic nitrogens is 2. The third-order valence-electron chi connectivity index (χ3n) is 2.66. The highest BCUT2D eigenvalue weighted by molar-refractivity contribution is 7.89. The highest BCUT2D eigenvalue weighted by Gasteiger charge is 2.11. The Morgan fingerprint density at radius 3 is 2.64 bits per heavy atom. The number of carbonyl (C=O) groups excluding carboxylic acids is 1. The lowest BCUT2D eigenvalue weighted by Crippen LogP contribution is -2.29. The van der Waals surface area contributed by atoms with Crippen LogP contribution in [-0.2, 0) is 21.2 Å². The van der Waals surface area contributed by atoms with Crippen molar-refractivity contribution < 1.29 is 22.1 Å². The molecule has 0 fully saturated rings. The van der Waals surface area contributed by atoms with Crippen molar-refractivity contribution >= 4 is 15.9 Å². The Kier molecular flexibility index (Phi) is 4.86. The summed E-state index contributed by atoms with van der Waals surface area (Å²) >= 11 is 0. The number of hydrogen-bond acceptors (Lipinski definition) is 6. The van der Waals surface area contributed by atoms with E-state index in [1.165, 1.54) is 24.3 Å². The Balaban J connectivity index is 1.87. The van der Waals surface area contributed by atoms with E-state index in [1.54, 1.807) is 0 Å². The smallest absolute Gasteiger partial charge is 0.233 e. The lowest BCUT2D eigenvalue weighted by molar-refractivity contribution is -0.119. The minimum absolute atomic E-state index is 0.0291. The number of sulfonamides is 1. The van der Waals surface area contributed by atoms with Gasteiger partial charge in [-0.2, -0.15) is 4.98 Å². The largest absolute Gasteiger partial charge is 0.339 e. The van der Waals surface area contributed by atoms with Gasteiger partial charge in [0.15, 0.2) is 0 Å². The van der Waals surface area contributed by atoms with Crippen LogP contribution in [0, 0.1) is 5.82 Å². The van der Waals surface area contributed by atoms with Gasteiger partial charge >= 0.3 is 0 Å². The number of nitrogens with zero attached hydrogens (tertiary/aromatic N) is 2. The zero-order chi connectivity index (χ0) is 16.2. The molecule has 0 bridgehead atoms. The molecule has 2 aromatic rings. The van der Waals surface area contributed by atoms with E-state index in [0.29, 0.717) is 30.1 Å². The second-order valence-electron chi connectivity index (χ2n) is 4.67. The molecule has 7 nitrogen and oxygen atoms in total. The Morgan fingerprint density at radius 1 is 1.32 bits per heavy atom. The molecule has 0 saturated heterocycles. The lowest BCUT2D eigenvalue weighted by Gasteiger charge is -2.00. The van der Waals surface area contributed by atoms with Crippen LogP contribution >= 0.6 is 0 Å². The first kappa shape index (κ1) is 16.1. The van der Waals surface area contributed by atoms with Gasteiger partial charge in [-0.15, -0.1) is 0 Å². The van der Waals surface area contributed by atoms with Gasteiger partial charge in [-0.25, -0.2) is 12.8 Å². The molecule has 1 aromatic heterocycles. The summed E-state index contributed by atoms with van der Waals surface area (Å²) in [5.41, 5.74) is 0.617. The molecule has 1 heterocycles. The van der Waals surface area contributed by atoms with Gasteiger partial charge in [0.05, 0.1) is 6.26 Å². The Hall–Kier alpha value is -2.29. The maximum atomic E-state index is 12.8. The first-order chi connectivity index (χ1) is 10.3. The summed E-state index contributed by atoms with van der Waals surface area (Å²) in [6.07, 6.45) is 1.65. The number of rotatable bonds is 6. The Labute approximate surface area is 126 Å². The summed E-state index contributed by atoms with van der Waals surface area (Å²) in [4.78, 5) is 15.4. The molecule has 0 aliphatic heterocycles. The van der Waals surface area contributed by atoms with Crippen molar-refractivity contribution in [3.63, 3.8) is 0 Å². The molecule has 0 aliphatic rings. The average Bonchev–Trinajstić information content (AvgIpc) is 2.86. The second kappa shape index (κ2) is 6.65. The first-order valence-corrected chi connectivity index (χ1v) is 8.32. The highest BCUT2D eigenvalue weighted by atomic mass is 32.2. The van der Waals surface area contributed by atoms with Crippen LogP contribution in [0.2, 0.25) is 0 Å². The van der Waals surface area contributed by atoms with Crippen molar-refractivity contribution in [3.8, 4) is 11.4 Å². The van der Waals surface area contributed by atoms with Crippen molar-refractivity contribution in [2.45, 2.75) is 19.3 Å². The van der Waals surface area contributed by atoms with E-state index in [1.807, 2.05) is 4.72 Å². The van der Waals surface area contributed by atoms with E-state index in [0.717, 1.165) is 6.26 Å². The standard InChI is InChI=1S/C13H14FN3O4S/c1-22(19,20)17-11(18)3-2-4-12-15-13(16-21-12)9-5-7-10(14)8-6-9/h5-8H,2-4H2,1H3,(H,17,18). The molecule has 0 spiro atoms. The number of amides is 1. The minimum Gasteiger partial charge on any atom is -0.339 e. The monoisotopic (exact) mass is 327 g/mol. The molecule has 0 radical (unpaired) electrons. The van der Waals surface area contributed by atoms with Crippen LogP contribution in [0.1, 0.15) is 18.7 Å². The quantitative estimate of drug-likeness (QED) is 0.857. The molecule has 0 aliphatic carbocycles. The minimum atomic E-state index is -3.54. The summed E-state index contributed by atoms with van der Waals surface area (Å²) in [7, 11) is -3.54. The molecule has 9 heteroatoms. The fourth-order valence-electron chi connectivity index (χ4n) is 1.73. The molecular weight excluding hydrogens is 313 g/mol. The predicted octanol–water partition coefficient (Wildman–Crippen LogP) is 1.27. The third-order valence-corrected chi connectivity index (χ3v) is 3.26. The molecule has 1 aromatic carbocycles. The van der Waals surface area contributed by atoms with Gasteiger partial charge < -0.3 is 4.52 Å². The second-order valence-corrected chi connectivity index (χ2v) is 6.42. The van der Waals surface area contributed by atoms with E-state index >= 15 is 0 Å². The SMILES string of the molecule is CS(=O)(=O)NC(=O)CCCc1nc(-c2ccc(F)cc2)no1. The Morgan fingerprint density at radius 2 is 2.00 bits per heavy atom. The first-order valence-electron chi connectivity index (χ1n) is 6.42. The summed E-state index contributed by atoms with van der Waals surface area (Å²) in [6.45, 7) is 0. The summed E-state index contributed by atoms with van der Waals surface area (Å²) in [5, 5.41) is 3.77.